The van der Waals surface area contributed by atoms with E-state index in [-0.39, 0.29) is 30.2 Å². The van der Waals surface area contributed by atoms with Gasteiger partial charge in [-0.3, -0.25) is 9.59 Å². The summed E-state index contributed by atoms with van der Waals surface area (Å²) in [5, 5.41) is 13.7. The lowest BCUT2D eigenvalue weighted by molar-refractivity contribution is -0.134. The summed E-state index contributed by atoms with van der Waals surface area (Å²) in [4.78, 5) is 42.4. The van der Waals surface area contributed by atoms with Gasteiger partial charge in [0, 0.05) is 33.6 Å². The van der Waals surface area contributed by atoms with Crippen LogP contribution in [-0.2, 0) is 22.7 Å². The molecule has 1 aromatic heterocycles. The molecular weight excluding hydrogens is 537 g/mol. The highest BCUT2D eigenvalue weighted by Gasteiger charge is 2.35. The summed E-state index contributed by atoms with van der Waals surface area (Å²) in [5.74, 6) is -1.62. The summed E-state index contributed by atoms with van der Waals surface area (Å²) >= 11 is 6.12. The molecule has 1 heterocycles. The van der Waals surface area contributed by atoms with Crippen LogP contribution in [0.3, 0.4) is 0 Å². The lowest BCUT2D eigenvalue weighted by atomic mass is 9.98. The van der Waals surface area contributed by atoms with E-state index in [4.69, 9.17) is 16.3 Å². The highest BCUT2D eigenvalue weighted by Crippen LogP contribution is 2.34. The number of aromatic nitrogens is 1. The Morgan fingerprint density at radius 3 is 2.45 bits per heavy atom. The number of hydrogen-bond donors (Lipinski definition) is 3. The Morgan fingerprint density at radius 1 is 1.10 bits per heavy atom. The van der Waals surface area contributed by atoms with E-state index in [0.717, 1.165) is 0 Å². The van der Waals surface area contributed by atoms with Crippen molar-refractivity contribution < 1.29 is 28.6 Å². The van der Waals surface area contributed by atoms with Crippen molar-refractivity contribution in [3.8, 4) is 5.75 Å². The second-order valence-corrected chi connectivity index (χ2v) is 10.8. The van der Waals surface area contributed by atoms with E-state index in [2.05, 4.69) is 10.3 Å². The van der Waals surface area contributed by atoms with Crippen molar-refractivity contribution in [1.82, 2.24) is 15.2 Å². The van der Waals surface area contributed by atoms with Crippen LogP contribution < -0.4 is 10.1 Å². The van der Waals surface area contributed by atoms with Gasteiger partial charge in [0.05, 0.1) is 0 Å². The van der Waals surface area contributed by atoms with E-state index in [1.54, 1.807) is 75.4 Å². The van der Waals surface area contributed by atoms with E-state index in [9.17, 15) is 23.9 Å². The van der Waals surface area contributed by atoms with Crippen molar-refractivity contribution >= 4 is 40.8 Å². The van der Waals surface area contributed by atoms with Crippen LogP contribution in [-0.4, -0.2) is 38.8 Å². The predicted molar refractivity (Wildman–Crippen MR) is 150 cm³/mol. The molecule has 0 aliphatic carbocycles. The molecule has 0 saturated heterocycles. The van der Waals surface area contributed by atoms with Crippen LogP contribution in [0.5, 0.6) is 5.75 Å². The molecule has 1 atom stereocenters. The maximum atomic E-state index is 13.6. The summed E-state index contributed by atoms with van der Waals surface area (Å²) in [5.41, 5.74) is 1.08. The van der Waals surface area contributed by atoms with Crippen LogP contribution in [0.1, 0.15) is 54.0 Å². The highest BCUT2D eigenvalue weighted by atomic mass is 35.5. The zero-order valence-electron chi connectivity index (χ0n) is 22.2. The largest absolute Gasteiger partial charge is 0.489 e. The van der Waals surface area contributed by atoms with Gasteiger partial charge in [-0.2, -0.15) is 0 Å². The number of rotatable bonds is 10. The zero-order chi connectivity index (χ0) is 29.0. The third-order valence-corrected chi connectivity index (χ3v) is 6.32. The average molecular weight is 566 g/mol. The maximum absolute atomic E-state index is 13.6. The van der Waals surface area contributed by atoms with E-state index in [0.29, 0.717) is 39.2 Å². The van der Waals surface area contributed by atoms with Gasteiger partial charge in [0.25, 0.3) is 0 Å². The molecule has 0 saturated carbocycles. The smallest absolute Gasteiger partial charge is 0.352 e. The van der Waals surface area contributed by atoms with Gasteiger partial charge in [0.1, 0.15) is 29.9 Å². The van der Waals surface area contributed by atoms with Gasteiger partial charge in [-0.1, -0.05) is 41.9 Å². The van der Waals surface area contributed by atoms with Gasteiger partial charge in [0.2, 0.25) is 12.3 Å². The fourth-order valence-electron chi connectivity index (χ4n) is 4.41. The van der Waals surface area contributed by atoms with Crippen LogP contribution >= 0.6 is 11.6 Å². The van der Waals surface area contributed by atoms with Crippen LogP contribution in [0.2, 0.25) is 5.02 Å². The van der Waals surface area contributed by atoms with Crippen molar-refractivity contribution in [3.05, 3.63) is 100.0 Å². The number of aromatic carboxylic acids is 1. The molecule has 0 aliphatic rings. The summed E-state index contributed by atoms with van der Waals surface area (Å²) in [7, 11) is 0. The topological polar surface area (TPSA) is 112 Å². The lowest BCUT2D eigenvalue weighted by Crippen LogP contribution is -2.47. The Labute approximate surface area is 235 Å². The number of fused-ring (bicyclic) bond motifs is 1. The molecule has 0 spiro atoms. The molecule has 4 aromatic rings. The molecule has 0 fully saturated rings. The Balaban J connectivity index is 1.66. The standard InChI is InChI=1S/C30H29ClFN3O5/c1-30(2,3)34-28(37)27(25-23-12-9-20(31)14-24(23)33-26(25)29(38)39)35(17-36)15-18-7-10-22(11-8-18)40-16-19-5-4-6-21(32)13-19/h4-14,17,27,33H,15-16H2,1-3H3,(H,34,37)(H,38,39). The minimum Gasteiger partial charge on any atom is -0.489 e. The second-order valence-electron chi connectivity index (χ2n) is 10.4. The second kappa shape index (κ2) is 11.8. The number of carboxylic acids is 1. The normalized spacial score (nSPS) is 12.1. The van der Waals surface area contributed by atoms with E-state index in [1.807, 2.05) is 0 Å². The van der Waals surface area contributed by atoms with E-state index in [1.165, 1.54) is 17.0 Å². The Bertz CT molecular complexity index is 1550. The first-order valence-corrected chi connectivity index (χ1v) is 12.9. The van der Waals surface area contributed by atoms with Gasteiger partial charge in [-0.25, -0.2) is 9.18 Å². The fraction of sp³-hybridized carbons (Fsp3) is 0.233. The summed E-state index contributed by atoms with van der Waals surface area (Å²) in [6.07, 6.45) is 0.529. The lowest BCUT2D eigenvalue weighted by Gasteiger charge is -2.31. The van der Waals surface area contributed by atoms with Crippen LogP contribution in [0.15, 0.2) is 66.7 Å². The van der Waals surface area contributed by atoms with Gasteiger partial charge in [0.15, 0.2) is 0 Å². The first-order valence-electron chi connectivity index (χ1n) is 12.5. The molecule has 10 heteroatoms. The third kappa shape index (κ3) is 6.79. The average Bonchev–Trinajstić information content (AvgIpc) is 3.25. The minimum atomic E-state index is -1.28. The zero-order valence-corrected chi connectivity index (χ0v) is 23.0. The number of carboxylic acid groups (broad SMARTS) is 1. The molecule has 0 bridgehead atoms. The Hall–Kier alpha value is -4.37. The minimum absolute atomic E-state index is 0.00915. The number of nitrogens with zero attached hydrogens (tertiary/aromatic N) is 1. The number of ether oxygens (including phenoxy) is 1. The maximum Gasteiger partial charge on any atom is 0.352 e. The SMILES string of the molecule is CC(C)(C)NC(=O)C(c1c(C(=O)O)[nH]c2cc(Cl)ccc12)N(C=O)Cc1ccc(OCc2cccc(F)c2)cc1. The van der Waals surface area contributed by atoms with Gasteiger partial charge >= 0.3 is 5.97 Å². The number of H-pyrrole nitrogens is 1. The number of hydrogen-bond acceptors (Lipinski definition) is 4. The fourth-order valence-corrected chi connectivity index (χ4v) is 4.59. The van der Waals surface area contributed by atoms with Crippen molar-refractivity contribution in [2.24, 2.45) is 0 Å². The van der Waals surface area contributed by atoms with Crippen molar-refractivity contribution in [1.29, 1.82) is 0 Å². The van der Waals surface area contributed by atoms with Gasteiger partial charge < -0.3 is 25.0 Å². The van der Waals surface area contributed by atoms with Crippen molar-refractivity contribution in [3.63, 3.8) is 0 Å². The molecule has 3 N–H and O–H groups in total. The van der Waals surface area contributed by atoms with Gasteiger partial charge in [-0.15, -0.1) is 0 Å². The molecule has 208 valence electrons. The monoisotopic (exact) mass is 565 g/mol. The number of carbonyl (C=O) groups is 3. The third-order valence-electron chi connectivity index (χ3n) is 6.08. The quantitative estimate of drug-likeness (QED) is 0.209. The number of aromatic amines is 1. The first-order chi connectivity index (χ1) is 18.9. The molecule has 0 aliphatic heterocycles. The van der Waals surface area contributed by atoms with E-state index < -0.39 is 23.5 Å². The van der Waals surface area contributed by atoms with Crippen LogP contribution in [0.4, 0.5) is 4.39 Å². The van der Waals surface area contributed by atoms with Crippen LogP contribution in [0, 0.1) is 5.82 Å². The molecule has 4 rings (SSSR count). The highest BCUT2D eigenvalue weighted by molar-refractivity contribution is 6.31. The number of halogens is 2. The van der Waals surface area contributed by atoms with Crippen molar-refractivity contribution in [2.75, 3.05) is 0 Å². The number of nitrogens with one attached hydrogen (secondary N) is 2. The van der Waals surface area contributed by atoms with Crippen LogP contribution in [0.25, 0.3) is 10.9 Å². The Kier molecular flexibility index (Phi) is 8.44. The molecule has 3 aromatic carbocycles. The molecule has 40 heavy (non-hydrogen) atoms. The molecule has 1 unspecified atom stereocenters. The van der Waals surface area contributed by atoms with Gasteiger partial charge in [-0.05, 0) is 68.3 Å². The molecular formula is C30H29ClFN3O5. The molecule has 0 radical (unpaired) electrons. The van der Waals surface area contributed by atoms with Crippen molar-refractivity contribution in [2.45, 2.75) is 45.5 Å². The summed E-state index contributed by atoms with van der Waals surface area (Å²) < 4.78 is 19.2. The first kappa shape index (κ1) is 28.6. The Morgan fingerprint density at radius 2 is 1.82 bits per heavy atom. The molecule has 2 amide bonds. The number of benzene rings is 3. The number of carbonyl (C=O) groups excluding carboxylic acids is 2. The predicted octanol–water partition coefficient (Wildman–Crippen LogP) is 5.85. The summed E-state index contributed by atoms with van der Waals surface area (Å²) in [6.45, 7) is 5.57. The number of amides is 2. The van der Waals surface area contributed by atoms with E-state index >= 15 is 0 Å². The summed E-state index contributed by atoms with van der Waals surface area (Å²) in [6, 6.07) is 16.5. The molecule has 8 nitrogen and oxygen atoms in total.